The lowest BCUT2D eigenvalue weighted by molar-refractivity contribution is -0.136. The minimum atomic E-state index is -0.190. The maximum atomic E-state index is 11.9. The van der Waals surface area contributed by atoms with E-state index in [1.165, 1.54) is 0 Å². The number of hydrogen-bond donors (Lipinski definition) is 1. The molecule has 0 atom stereocenters. The number of rotatable bonds is 4. The Balaban J connectivity index is 1.75. The molecule has 0 aromatic carbocycles. The first-order chi connectivity index (χ1) is 9.65. The van der Waals surface area contributed by atoms with Gasteiger partial charge in [0, 0.05) is 31.6 Å². The summed E-state index contributed by atoms with van der Waals surface area (Å²) >= 11 is 0. The molecule has 2 amide bonds. The van der Waals surface area contributed by atoms with Gasteiger partial charge in [0.05, 0.1) is 13.2 Å². The van der Waals surface area contributed by atoms with Crippen LogP contribution in [0.3, 0.4) is 0 Å². The lowest BCUT2D eigenvalue weighted by Crippen LogP contribution is -2.40. The predicted octanol–water partition coefficient (Wildman–Crippen LogP) is 0.968. The second-order valence-corrected chi connectivity index (χ2v) is 4.71. The van der Waals surface area contributed by atoms with Gasteiger partial charge in [-0.05, 0) is 19.1 Å². The van der Waals surface area contributed by atoms with E-state index in [2.05, 4.69) is 10.3 Å². The molecule has 1 aromatic rings. The Labute approximate surface area is 118 Å². The normalized spacial score (nSPS) is 14.9. The first-order valence-electron chi connectivity index (χ1n) is 6.74. The molecule has 1 fully saturated rings. The van der Waals surface area contributed by atoms with Crippen LogP contribution in [-0.4, -0.2) is 48.0 Å². The van der Waals surface area contributed by atoms with Gasteiger partial charge in [-0.15, -0.1) is 0 Å². The largest absolute Gasteiger partial charge is 0.378 e. The average molecular weight is 277 g/mol. The van der Waals surface area contributed by atoms with Crippen molar-refractivity contribution in [1.29, 1.82) is 0 Å². The Bertz CT molecular complexity index is 484. The quantitative estimate of drug-likeness (QED) is 0.890. The minimum absolute atomic E-state index is 0.000603. The fourth-order valence-electron chi connectivity index (χ4n) is 2.01. The van der Waals surface area contributed by atoms with Crippen LogP contribution >= 0.6 is 0 Å². The molecule has 108 valence electrons. The average Bonchev–Trinajstić information content (AvgIpc) is 2.46. The molecule has 2 rings (SSSR count). The zero-order chi connectivity index (χ0) is 14.4. The van der Waals surface area contributed by atoms with Gasteiger partial charge >= 0.3 is 0 Å². The summed E-state index contributed by atoms with van der Waals surface area (Å²) in [6, 6.07) is 5.42. The van der Waals surface area contributed by atoms with E-state index in [0.29, 0.717) is 32.1 Å². The van der Waals surface area contributed by atoms with Crippen LogP contribution in [0.15, 0.2) is 18.2 Å². The molecule has 0 saturated carbocycles. The topological polar surface area (TPSA) is 71.5 Å². The van der Waals surface area contributed by atoms with Crippen molar-refractivity contribution in [3.05, 3.63) is 23.9 Å². The number of carbonyl (C=O) groups is 2. The molecule has 1 saturated heterocycles. The van der Waals surface area contributed by atoms with Gasteiger partial charge in [0.1, 0.15) is 5.82 Å². The van der Waals surface area contributed by atoms with Gasteiger partial charge in [-0.1, -0.05) is 6.07 Å². The highest BCUT2D eigenvalue weighted by Gasteiger charge is 2.17. The van der Waals surface area contributed by atoms with Crippen LogP contribution in [0.5, 0.6) is 0 Å². The van der Waals surface area contributed by atoms with E-state index >= 15 is 0 Å². The second kappa shape index (κ2) is 7.00. The molecule has 1 aromatic heterocycles. The molecular weight excluding hydrogens is 258 g/mol. The number of aromatic nitrogens is 1. The summed E-state index contributed by atoms with van der Waals surface area (Å²) in [5.74, 6) is 0.333. The predicted molar refractivity (Wildman–Crippen MR) is 74.2 cm³/mol. The van der Waals surface area contributed by atoms with Crippen LogP contribution < -0.4 is 5.32 Å². The highest BCUT2D eigenvalue weighted by Crippen LogP contribution is 2.06. The van der Waals surface area contributed by atoms with E-state index in [1.54, 1.807) is 11.0 Å². The summed E-state index contributed by atoms with van der Waals surface area (Å²) in [4.78, 5) is 29.6. The number of ether oxygens (including phenoxy) is 1. The summed E-state index contributed by atoms with van der Waals surface area (Å²) in [5, 5.41) is 2.70. The molecule has 0 unspecified atom stereocenters. The van der Waals surface area contributed by atoms with E-state index < -0.39 is 0 Å². The number of nitrogens with one attached hydrogen (secondary N) is 1. The monoisotopic (exact) mass is 277 g/mol. The zero-order valence-corrected chi connectivity index (χ0v) is 11.6. The van der Waals surface area contributed by atoms with Crippen molar-refractivity contribution in [2.45, 2.75) is 19.8 Å². The standard InChI is InChI=1S/C14H19N3O3/c1-11-3-2-4-12(15-11)16-13(18)5-6-14(19)17-7-9-20-10-8-17/h2-4H,5-10H2,1H3,(H,15,16,18). The van der Waals surface area contributed by atoms with Crippen LogP contribution in [0.1, 0.15) is 18.5 Å². The molecule has 20 heavy (non-hydrogen) atoms. The van der Waals surface area contributed by atoms with Crippen molar-refractivity contribution >= 4 is 17.6 Å². The van der Waals surface area contributed by atoms with Gasteiger partial charge in [-0.2, -0.15) is 0 Å². The first-order valence-corrected chi connectivity index (χ1v) is 6.74. The molecule has 6 nitrogen and oxygen atoms in total. The number of carbonyl (C=O) groups excluding carboxylic acids is 2. The third-order valence-electron chi connectivity index (χ3n) is 3.09. The van der Waals surface area contributed by atoms with Gasteiger partial charge < -0.3 is 15.0 Å². The maximum absolute atomic E-state index is 11.9. The molecule has 0 spiro atoms. The number of anilines is 1. The molecule has 1 aliphatic rings. The smallest absolute Gasteiger partial charge is 0.226 e. The van der Waals surface area contributed by atoms with E-state index in [-0.39, 0.29) is 24.7 Å². The minimum Gasteiger partial charge on any atom is -0.378 e. The third kappa shape index (κ3) is 4.31. The lowest BCUT2D eigenvalue weighted by Gasteiger charge is -2.26. The molecule has 0 bridgehead atoms. The summed E-state index contributed by atoms with van der Waals surface area (Å²) in [5.41, 5.74) is 0.840. The molecule has 0 aliphatic carbocycles. The number of hydrogen-bond acceptors (Lipinski definition) is 4. The maximum Gasteiger partial charge on any atom is 0.226 e. The van der Waals surface area contributed by atoms with Crippen molar-refractivity contribution in [2.24, 2.45) is 0 Å². The number of morpholine rings is 1. The van der Waals surface area contributed by atoms with Crippen molar-refractivity contribution in [1.82, 2.24) is 9.88 Å². The Hall–Kier alpha value is -1.95. The highest BCUT2D eigenvalue weighted by atomic mass is 16.5. The Morgan fingerprint density at radius 1 is 1.30 bits per heavy atom. The van der Waals surface area contributed by atoms with Gasteiger partial charge in [-0.25, -0.2) is 4.98 Å². The fraction of sp³-hybridized carbons (Fsp3) is 0.500. The van der Waals surface area contributed by atoms with Crippen molar-refractivity contribution in [2.75, 3.05) is 31.6 Å². The van der Waals surface area contributed by atoms with Gasteiger partial charge in [-0.3, -0.25) is 9.59 Å². The molecule has 6 heteroatoms. The van der Waals surface area contributed by atoms with Crippen molar-refractivity contribution < 1.29 is 14.3 Å². The van der Waals surface area contributed by atoms with Crippen LogP contribution in [0.25, 0.3) is 0 Å². The third-order valence-corrected chi connectivity index (χ3v) is 3.09. The summed E-state index contributed by atoms with van der Waals surface area (Å²) in [7, 11) is 0. The van der Waals surface area contributed by atoms with Crippen molar-refractivity contribution in [3.8, 4) is 0 Å². The highest BCUT2D eigenvalue weighted by molar-refractivity contribution is 5.92. The summed E-state index contributed by atoms with van der Waals surface area (Å²) < 4.78 is 5.18. The van der Waals surface area contributed by atoms with Crippen LogP contribution in [0.2, 0.25) is 0 Å². The van der Waals surface area contributed by atoms with E-state index in [9.17, 15) is 9.59 Å². The van der Waals surface area contributed by atoms with E-state index in [1.807, 2.05) is 19.1 Å². The van der Waals surface area contributed by atoms with Crippen LogP contribution in [0, 0.1) is 6.92 Å². The van der Waals surface area contributed by atoms with E-state index in [0.717, 1.165) is 5.69 Å². The number of nitrogens with zero attached hydrogens (tertiary/aromatic N) is 2. The molecular formula is C14H19N3O3. The number of aryl methyl sites for hydroxylation is 1. The Kier molecular flexibility index (Phi) is 5.06. The van der Waals surface area contributed by atoms with Gasteiger partial charge in [0.15, 0.2) is 0 Å². The number of amides is 2. The zero-order valence-electron chi connectivity index (χ0n) is 11.6. The summed E-state index contributed by atoms with van der Waals surface area (Å²) in [6.07, 6.45) is 0.392. The molecule has 0 radical (unpaired) electrons. The fourth-order valence-corrected chi connectivity index (χ4v) is 2.01. The SMILES string of the molecule is Cc1cccc(NC(=O)CCC(=O)N2CCOCC2)n1. The first kappa shape index (κ1) is 14.5. The van der Waals surface area contributed by atoms with Gasteiger partial charge in [0.2, 0.25) is 11.8 Å². The van der Waals surface area contributed by atoms with Crippen LogP contribution in [-0.2, 0) is 14.3 Å². The lowest BCUT2D eigenvalue weighted by atomic mass is 10.2. The number of pyridine rings is 1. The van der Waals surface area contributed by atoms with Crippen molar-refractivity contribution in [3.63, 3.8) is 0 Å². The Morgan fingerprint density at radius 2 is 2.05 bits per heavy atom. The Morgan fingerprint density at radius 3 is 2.75 bits per heavy atom. The molecule has 2 heterocycles. The van der Waals surface area contributed by atoms with E-state index in [4.69, 9.17) is 4.74 Å². The molecule has 1 aliphatic heterocycles. The van der Waals surface area contributed by atoms with Gasteiger partial charge in [0.25, 0.3) is 0 Å². The second-order valence-electron chi connectivity index (χ2n) is 4.71. The summed E-state index contributed by atoms with van der Waals surface area (Å²) in [6.45, 7) is 4.23. The molecule has 1 N–H and O–H groups in total. The van der Waals surface area contributed by atoms with Crippen LogP contribution in [0.4, 0.5) is 5.82 Å².